The second-order valence-corrected chi connectivity index (χ2v) is 8.95. The van der Waals surface area contributed by atoms with Gasteiger partial charge in [0.25, 0.3) is 0 Å². The summed E-state index contributed by atoms with van der Waals surface area (Å²) in [6.07, 6.45) is 3.05. The summed E-state index contributed by atoms with van der Waals surface area (Å²) in [6.45, 7) is 6.48. The first-order valence-electron chi connectivity index (χ1n) is 10.2. The van der Waals surface area contributed by atoms with Crippen LogP contribution in [0.5, 0.6) is 0 Å². The zero-order chi connectivity index (χ0) is 19.4. The van der Waals surface area contributed by atoms with Crippen molar-refractivity contribution in [1.82, 2.24) is 20.3 Å². The second-order valence-electron chi connectivity index (χ2n) is 7.84. The van der Waals surface area contributed by atoms with Crippen LogP contribution < -0.4 is 10.2 Å². The molecule has 0 bridgehead atoms. The Balaban J connectivity index is 1.63. The van der Waals surface area contributed by atoms with Crippen molar-refractivity contribution in [3.8, 4) is 11.4 Å². The Labute approximate surface area is 172 Å². The summed E-state index contributed by atoms with van der Waals surface area (Å²) in [4.78, 5) is 17.4. The maximum absolute atomic E-state index is 5.69. The van der Waals surface area contributed by atoms with Gasteiger partial charge in [0.15, 0.2) is 11.6 Å². The van der Waals surface area contributed by atoms with Crippen molar-refractivity contribution in [2.45, 2.75) is 25.9 Å². The maximum Gasteiger partial charge on any atom is 0.162 e. The number of hydrogen-bond acceptors (Lipinski definition) is 6. The smallest absolute Gasteiger partial charge is 0.162 e. The third kappa shape index (κ3) is 2.76. The van der Waals surface area contributed by atoms with Gasteiger partial charge in [-0.05, 0) is 25.5 Å². The van der Waals surface area contributed by atoms with Crippen LogP contribution in [-0.2, 0) is 17.7 Å². The number of hydrogen-bond donors (Lipinski definition) is 2. The number of thiophene rings is 1. The highest BCUT2D eigenvalue weighted by Crippen LogP contribution is 2.40. The quantitative estimate of drug-likeness (QED) is 0.532. The number of nitrogens with one attached hydrogen (secondary N) is 2. The highest BCUT2D eigenvalue weighted by Gasteiger charge is 2.27. The molecule has 0 amide bonds. The minimum Gasteiger partial charge on any atom is -0.377 e. The number of aromatic amines is 1. The lowest BCUT2D eigenvalue weighted by molar-refractivity contribution is 0.0987. The van der Waals surface area contributed by atoms with Gasteiger partial charge in [-0.1, -0.05) is 12.1 Å². The molecule has 148 valence electrons. The van der Waals surface area contributed by atoms with Crippen LogP contribution in [0.15, 0.2) is 30.5 Å². The molecular formula is C22H23N5OS. The van der Waals surface area contributed by atoms with Crippen LogP contribution in [-0.4, -0.2) is 47.3 Å². The Hall–Kier alpha value is -2.48. The minimum absolute atomic E-state index is 0.301. The fourth-order valence-electron chi connectivity index (χ4n) is 4.49. The molecule has 29 heavy (non-hydrogen) atoms. The molecule has 0 radical (unpaired) electrons. The number of anilines is 1. The van der Waals surface area contributed by atoms with E-state index in [4.69, 9.17) is 14.7 Å². The van der Waals surface area contributed by atoms with Crippen LogP contribution in [0.2, 0.25) is 0 Å². The van der Waals surface area contributed by atoms with E-state index in [-0.39, 0.29) is 0 Å². The summed E-state index contributed by atoms with van der Waals surface area (Å²) in [5.74, 6) is 1.87. The zero-order valence-corrected chi connectivity index (χ0v) is 17.2. The molecule has 6 nitrogen and oxygen atoms in total. The topological polar surface area (TPSA) is 66.1 Å². The van der Waals surface area contributed by atoms with Gasteiger partial charge in [-0.15, -0.1) is 11.3 Å². The van der Waals surface area contributed by atoms with E-state index in [0.29, 0.717) is 6.04 Å². The lowest BCUT2D eigenvalue weighted by Crippen LogP contribution is -2.44. The summed E-state index contributed by atoms with van der Waals surface area (Å²) in [5, 5.41) is 4.68. The number of benzene rings is 1. The van der Waals surface area contributed by atoms with Gasteiger partial charge in [0.1, 0.15) is 0 Å². The molecule has 0 unspecified atom stereocenters. The molecule has 0 saturated carbocycles. The predicted molar refractivity (Wildman–Crippen MR) is 118 cm³/mol. The Bertz CT molecular complexity index is 1210. The molecule has 1 saturated heterocycles. The van der Waals surface area contributed by atoms with Gasteiger partial charge in [0.2, 0.25) is 0 Å². The number of ether oxygens (including phenoxy) is 1. The monoisotopic (exact) mass is 405 g/mol. The standard InChI is InChI=1S/C22H23N5OS/c1-13-12-28-10-9-27(13)22-20-19(16-11-23-7-6-18(16)29-20)25-21(26-22)15-3-2-4-17-14(15)5-8-24-17/h2-5,8,13,23-24H,6-7,9-12H2,1H3/t13-/m1/s1. The van der Waals surface area contributed by atoms with E-state index < -0.39 is 0 Å². The fourth-order valence-corrected chi connectivity index (χ4v) is 5.75. The predicted octanol–water partition coefficient (Wildman–Crippen LogP) is 3.71. The van der Waals surface area contributed by atoms with Crippen molar-refractivity contribution >= 4 is 38.3 Å². The molecule has 1 fully saturated rings. The van der Waals surface area contributed by atoms with E-state index in [0.717, 1.165) is 72.9 Å². The zero-order valence-electron chi connectivity index (χ0n) is 16.4. The lowest BCUT2D eigenvalue weighted by Gasteiger charge is -2.34. The van der Waals surface area contributed by atoms with Gasteiger partial charge < -0.3 is 19.9 Å². The highest BCUT2D eigenvalue weighted by atomic mass is 32.1. The normalized spacial score (nSPS) is 19.8. The van der Waals surface area contributed by atoms with Gasteiger partial charge in [0, 0.05) is 52.7 Å². The van der Waals surface area contributed by atoms with Crippen molar-refractivity contribution < 1.29 is 4.74 Å². The molecule has 4 aromatic rings. The number of morpholine rings is 1. The van der Waals surface area contributed by atoms with E-state index in [1.165, 1.54) is 15.1 Å². The van der Waals surface area contributed by atoms with E-state index in [1.807, 2.05) is 17.5 Å². The van der Waals surface area contributed by atoms with Gasteiger partial charge in [0.05, 0.1) is 29.5 Å². The maximum atomic E-state index is 5.69. The Morgan fingerprint density at radius 3 is 3.14 bits per heavy atom. The minimum atomic E-state index is 0.301. The number of fused-ring (bicyclic) bond motifs is 4. The summed E-state index contributed by atoms with van der Waals surface area (Å²) in [5.41, 5.74) is 4.66. The van der Waals surface area contributed by atoms with Crippen LogP contribution in [0.25, 0.3) is 32.5 Å². The van der Waals surface area contributed by atoms with E-state index >= 15 is 0 Å². The number of aromatic nitrogens is 3. The van der Waals surface area contributed by atoms with Crippen molar-refractivity contribution in [1.29, 1.82) is 0 Å². The van der Waals surface area contributed by atoms with Crippen LogP contribution >= 0.6 is 11.3 Å². The first-order chi connectivity index (χ1) is 14.3. The molecule has 3 aromatic heterocycles. The number of H-pyrrole nitrogens is 1. The van der Waals surface area contributed by atoms with Crippen LogP contribution in [0.4, 0.5) is 5.82 Å². The average molecular weight is 406 g/mol. The van der Waals surface area contributed by atoms with Crippen LogP contribution in [0.1, 0.15) is 17.4 Å². The third-order valence-electron chi connectivity index (χ3n) is 6.00. The Kier molecular flexibility index (Phi) is 4.07. The van der Waals surface area contributed by atoms with Crippen LogP contribution in [0, 0.1) is 0 Å². The first-order valence-corrected chi connectivity index (χ1v) is 11.0. The molecule has 1 atom stereocenters. The summed E-state index contributed by atoms with van der Waals surface area (Å²) >= 11 is 1.88. The fraction of sp³-hybridized carbons (Fsp3) is 0.364. The molecule has 2 N–H and O–H groups in total. The summed E-state index contributed by atoms with van der Waals surface area (Å²) in [7, 11) is 0. The summed E-state index contributed by atoms with van der Waals surface area (Å²) < 4.78 is 6.91. The van der Waals surface area contributed by atoms with Gasteiger partial charge in [-0.25, -0.2) is 9.97 Å². The molecule has 1 aromatic carbocycles. The third-order valence-corrected chi connectivity index (χ3v) is 7.28. The lowest BCUT2D eigenvalue weighted by atomic mass is 10.1. The Morgan fingerprint density at radius 1 is 1.24 bits per heavy atom. The molecule has 2 aliphatic heterocycles. The molecule has 5 heterocycles. The number of rotatable bonds is 2. The SMILES string of the molecule is C[C@@H]1COCCN1c1nc(-c2cccc3[nH]ccc23)nc2c3c(sc12)CCNC3. The molecule has 0 aliphatic carbocycles. The van der Waals surface area contributed by atoms with E-state index in [9.17, 15) is 0 Å². The van der Waals surface area contributed by atoms with Crippen molar-refractivity contribution in [3.63, 3.8) is 0 Å². The summed E-state index contributed by atoms with van der Waals surface area (Å²) in [6, 6.07) is 8.71. The van der Waals surface area contributed by atoms with Gasteiger partial charge in [-0.2, -0.15) is 0 Å². The molecule has 7 heteroatoms. The van der Waals surface area contributed by atoms with Crippen LogP contribution in [0.3, 0.4) is 0 Å². The van der Waals surface area contributed by atoms with Crippen molar-refractivity contribution in [2.24, 2.45) is 0 Å². The van der Waals surface area contributed by atoms with Gasteiger partial charge >= 0.3 is 0 Å². The molecular weight excluding hydrogens is 382 g/mol. The molecule has 2 aliphatic rings. The largest absolute Gasteiger partial charge is 0.377 e. The van der Waals surface area contributed by atoms with Crippen molar-refractivity contribution in [2.75, 3.05) is 31.2 Å². The molecule has 0 spiro atoms. The first kappa shape index (κ1) is 17.4. The highest BCUT2D eigenvalue weighted by molar-refractivity contribution is 7.19. The number of nitrogens with zero attached hydrogens (tertiary/aromatic N) is 3. The van der Waals surface area contributed by atoms with Crippen molar-refractivity contribution in [3.05, 3.63) is 40.9 Å². The second kappa shape index (κ2) is 6.79. The van der Waals surface area contributed by atoms with E-state index in [2.05, 4.69) is 46.4 Å². The Morgan fingerprint density at radius 2 is 2.21 bits per heavy atom. The average Bonchev–Trinajstić information content (AvgIpc) is 3.38. The molecule has 6 rings (SSSR count). The van der Waals surface area contributed by atoms with E-state index in [1.54, 1.807) is 0 Å². The van der Waals surface area contributed by atoms with Gasteiger partial charge in [-0.3, -0.25) is 0 Å².